The molecule has 1 saturated heterocycles. The smallest absolute Gasteiger partial charge is 0.0246 e. The van der Waals surface area contributed by atoms with Crippen molar-refractivity contribution in [2.45, 2.75) is 84.3 Å². The van der Waals surface area contributed by atoms with Gasteiger partial charge in [-0.2, -0.15) is 0 Å². The highest BCUT2D eigenvalue weighted by Crippen LogP contribution is 2.38. The molecule has 0 spiro atoms. The SMILES string of the molecule is CC(C)C(CNC(C)(C)C)N1CCC2CCCCC21. The fourth-order valence-electron chi connectivity index (χ4n) is 4.00. The summed E-state index contributed by atoms with van der Waals surface area (Å²) in [6.07, 6.45) is 7.31. The molecule has 0 radical (unpaired) electrons. The van der Waals surface area contributed by atoms with Gasteiger partial charge in [-0.25, -0.2) is 0 Å². The maximum atomic E-state index is 3.73. The van der Waals surface area contributed by atoms with Crippen LogP contribution in [0, 0.1) is 11.8 Å². The molecule has 0 aromatic carbocycles. The highest BCUT2D eigenvalue weighted by atomic mass is 15.2. The van der Waals surface area contributed by atoms with Crippen LogP contribution in [-0.2, 0) is 0 Å². The molecule has 1 saturated carbocycles. The van der Waals surface area contributed by atoms with Gasteiger partial charge in [-0.15, -0.1) is 0 Å². The molecule has 2 heteroatoms. The lowest BCUT2D eigenvalue weighted by molar-refractivity contribution is 0.0982. The summed E-state index contributed by atoms with van der Waals surface area (Å²) in [6, 6.07) is 1.61. The monoisotopic (exact) mass is 266 g/mol. The molecule has 2 nitrogen and oxygen atoms in total. The molecule has 3 unspecified atom stereocenters. The van der Waals surface area contributed by atoms with Crippen LogP contribution in [0.5, 0.6) is 0 Å². The topological polar surface area (TPSA) is 15.3 Å². The average Bonchev–Trinajstić information content (AvgIpc) is 2.72. The normalized spacial score (nSPS) is 30.6. The van der Waals surface area contributed by atoms with Crippen LogP contribution in [0.15, 0.2) is 0 Å². The number of fused-ring (bicyclic) bond motifs is 1. The molecule has 2 fully saturated rings. The molecular weight excluding hydrogens is 232 g/mol. The highest BCUT2D eigenvalue weighted by molar-refractivity contribution is 4.94. The number of likely N-dealkylation sites (tertiary alicyclic amines) is 1. The van der Waals surface area contributed by atoms with Crippen molar-refractivity contribution in [2.75, 3.05) is 13.1 Å². The Hall–Kier alpha value is -0.0800. The Kier molecular flexibility index (Phi) is 4.94. The Morgan fingerprint density at radius 2 is 1.79 bits per heavy atom. The second-order valence-corrected chi connectivity index (χ2v) is 8.08. The summed E-state index contributed by atoms with van der Waals surface area (Å²) >= 11 is 0. The number of hydrogen-bond acceptors (Lipinski definition) is 2. The first kappa shape index (κ1) is 15.3. The summed E-state index contributed by atoms with van der Waals surface area (Å²) in [4.78, 5) is 2.85. The summed E-state index contributed by atoms with van der Waals surface area (Å²) in [5.41, 5.74) is 0.235. The zero-order valence-corrected chi connectivity index (χ0v) is 13.7. The number of nitrogens with zero attached hydrogens (tertiary/aromatic N) is 1. The van der Waals surface area contributed by atoms with E-state index in [0.717, 1.165) is 24.4 Å². The van der Waals surface area contributed by atoms with Gasteiger partial charge in [0.2, 0.25) is 0 Å². The molecule has 3 atom stereocenters. The Morgan fingerprint density at radius 3 is 2.42 bits per heavy atom. The van der Waals surface area contributed by atoms with E-state index in [1.165, 1.54) is 38.6 Å². The van der Waals surface area contributed by atoms with Gasteiger partial charge in [-0.1, -0.05) is 26.7 Å². The molecule has 0 amide bonds. The molecule has 0 aromatic rings. The van der Waals surface area contributed by atoms with E-state index in [1.807, 2.05) is 0 Å². The van der Waals surface area contributed by atoms with Gasteiger partial charge in [0.15, 0.2) is 0 Å². The standard InChI is InChI=1S/C17H34N2/c1-13(2)16(12-18-17(3,4)5)19-11-10-14-8-6-7-9-15(14)19/h13-16,18H,6-12H2,1-5H3. The summed E-state index contributed by atoms with van der Waals surface area (Å²) in [7, 11) is 0. The summed E-state index contributed by atoms with van der Waals surface area (Å²) in [5, 5.41) is 3.73. The van der Waals surface area contributed by atoms with Crippen molar-refractivity contribution < 1.29 is 0 Å². The second kappa shape index (κ2) is 6.13. The fourth-order valence-corrected chi connectivity index (χ4v) is 4.00. The highest BCUT2D eigenvalue weighted by Gasteiger charge is 2.39. The van der Waals surface area contributed by atoms with Gasteiger partial charge in [-0.05, 0) is 58.4 Å². The lowest BCUT2D eigenvalue weighted by atomic mass is 9.84. The van der Waals surface area contributed by atoms with Gasteiger partial charge in [0.05, 0.1) is 0 Å². The number of nitrogens with one attached hydrogen (secondary N) is 1. The van der Waals surface area contributed by atoms with E-state index in [1.54, 1.807) is 0 Å². The van der Waals surface area contributed by atoms with Gasteiger partial charge in [0.1, 0.15) is 0 Å². The van der Waals surface area contributed by atoms with Crippen molar-refractivity contribution in [3.63, 3.8) is 0 Å². The van der Waals surface area contributed by atoms with Crippen molar-refractivity contribution in [1.29, 1.82) is 0 Å². The van der Waals surface area contributed by atoms with Gasteiger partial charge in [-0.3, -0.25) is 4.90 Å². The first-order chi connectivity index (χ1) is 8.88. The Morgan fingerprint density at radius 1 is 1.11 bits per heavy atom. The second-order valence-electron chi connectivity index (χ2n) is 8.08. The minimum absolute atomic E-state index is 0.235. The Balaban J connectivity index is 1.98. The molecule has 0 aromatic heterocycles. The maximum absolute atomic E-state index is 3.73. The van der Waals surface area contributed by atoms with E-state index >= 15 is 0 Å². The minimum Gasteiger partial charge on any atom is -0.311 e. The Labute approximate surface area is 120 Å². The average molecular weight is 266 g/mol. The van der Waals surface area contributed by atoms with Crippen LogP contribution in [0.1, 0.15) is 66.7 Å². The molecule has 19 heavy (non-hydrogen) atoms. The van der Waals surface area contributed by atoms with E-state index in [2.05, 4.69) is 44.8 Å². The first-order valence-electron chi connectivity index (χ1n) is 8.39. The largest absolute Gasteiger partial charge is 0.311 e. The third-order valence-corrected chi connectivity index (χ3v) is 5.09. The van der Waals surface area contributed by atoms with Crippen LogP contribution in [0.3, 0.4) is 0 Å². The first-order valence-corrected chi connectivity index (χ1v) is 8.39. The van der Waals surface area contributed by atoms with E-state index in [9.17, 15) is 0 Å². The zero-order chi connectivity index (χ0) is 14.0. The molecule has 112 valence electrons. The van der Waals surface area contributed by atoms with E-state index in [-0.39, 0.29) is 5.54 Å². The van der Waals surface area contributed by atoms with Gasteiger partial charge in [0, 0.05) is 24.2 Å². The zero-order valence-electron chi connectivity index (χ0n) is 13.7. The molecule has 1 N–H and O–H groups in total. The fraction of sp³-hybridized carbons (Fsp3) is 1.00. The van der Waals surface area contributed by atoms with Crippen LogP contribution < -0.4 is 5.32 Å². The lowest BCUT2D eigenvalue weighted by Crippen LogP contribution is -2.52. The van der Waals surface area contributed by atoms with Crippen molar-refractivity contribution >= 4 is 0 Å². The molecule has 1 heterocycles. The van der Waals surface area contributed by atoms with Gasteiger partial charge in [0.25, 0.3) is 0 Å². The number of rotatable bonds is 4. The molecule has 1 aliphatic heterocycles. The molecule has 0 bridgehead atoms. The number of hydrogen-bond donors (Lipinski definition) is 1. The minimum atomic E-state index is 0.235. The third kappa shape index (κ3) is 3.95. The van der Waals surface area contributed by atoms with E-state index < -0.39 is 0 Å². The van der Waals surface area contributed by atoms with Crippen LogP contribution in [0.2, 0.25) is 0 Å². The van der Waals surface area contributed by atoms with Crippen LogP contribution in [0.25, 0.3) is 0 Å². The Bertz CT molecular complexity index is 279. The molecular formula is C17H34N2. The van der Waals surface area contributed by atoms with Gasteiger partial charge < -0.3 is 5.32 Å². The molecule has 1 aliphatic carbocycles. The predicted octanol–water partition coefficient (Wildman–Crippen LogP) is 3.66. The van der Waals surface area contributed by atoms with Crippen LogP contribution in [-0.4, -0.2) is 35.6 Å². The molecule has 2 aliphatic rings. The predicted molar refractivity (Wildman–Crippen MR) is 83.5 cm³/mol. The van der Waals surface area contributed by atoms with Crippen molar-refractivity contribution in [3.8, 4) is 0 Å². The quantitative estimate of drug-likeness (QED) is 0.835. The van der Waals surface area contributed by atoms with Crippen LogP contribution >= 0.6 is 0 Å². The summed E-state index contributed by atoms with van der Waals surface area (Å²) in [6.45, 7) is 14.1. The summed E-state index contributed by atoms with van der Waals surface area (Å²) in [5.74, 6) is 1.75. The third-order valence-electron chi connectivity index (χ3n) is 5.09. The van der Waals surface area contributed by atoms with Crippen LogP contribution in [0.4, 0.5) is 0 Å². The summed E-state index contributed by atoms with van der Waals surface area (Å²) < 4.78 is 0. The lowest BCUT2D eigenvalue weighted by Gasteiger charge is -2.40. The van der Waals surface area contributed by atoms with Crippen molar-refractivity contribution in [3.05, 3.63) is 0 Å². The van der Waals surface area contributed by atoms with Crippen molar-refractivity contribution in [2.24, 2.45) is 11.8 Å². The van der Waals surface area contributed by atoms with Crippen molar-refractivity contribution in [1.82, 2.24) is 10.2 Å². The molecule has 2 rings (SSSR count). The van der Waals surface area contributed by atoms with E-state index in [0.29, 0.717) is 6.04 Å². The maximum Gasteiger partial charge on any atom is 0.0246 e. The van der Waals surface area contributed by atoms with E-state index in [4.69, 9.17) is 0 Å². The van der Waals surface area contributed by atoms with Gasteiger partial charge >= 0.3 is 0 Å².